The van der Waals surface area contributed by atoms with Gasteiger partial charge in [-0.15, -0.1) is 0 Å². The van der Waals surface area contributed by atoms with Crippen LogP contribution in [0.3, 0.4) is 0 Å². The molecule has 2 amide bonds. The largest absolute Gasteiger partial charge is 0.480 e. The molecule has 0 spiro atoms. The fourth-order valence-corrected chi connectivity index (χ4v) is 6.09. The zero-order chi connectivity index (χ0) is 19.0. The predicted molar refractivity (Wildman–Crippen MR) is 105 cm³/mol. The van der Waals surface area contributed by atoms with Gasteiger partial charge in [-0.1, -0.05) is 6.92 Å². The lowest BCUT2D eigenvalue weighted by Crippen LogP contribution is -2.53. The molecule has 0 aromatic carbocycles. The maximum Gasteiger partial charge on any atom is 0.259 e. The molecule has 0 aliphatic carbocycles. The summed E-state index contributed by atoms with van der Waals surface area (Å²) in [6, 6.07) is 3.64. The smallest absolute Gasteiger partial charge is 0.259 e. The molecule has 146 valence electrons. The first-order valence-corrected chi connectivity index (χ1v) is 11.0. The highest BCUT2D eigenvalue weighted by Gasteiger charge is 2.61. The molecule has 3 atom stereocenters. The minimum atomic E-state index is -0.434. The third-order valence-electron chi connectivity index (χ3n) is 6.52. The molecule has 27 heavy (non-hydrogen) atoms. The van der Waals surface area contributed by atoms with Gasteiger partial charge in [0.15, 0.2) is 0 Å². The van der Waals surface area contributed by atoms with Gasteiger partial charge in [0.25, 0.3) is 5.91 Å². The fourth-order valence-electron chi connectivity index (χ4n) is 5.19. The minimum absolute atomic E-state index is 0.0213. The Kier molecular flexibility index (Phi) is 5.05. The average molecular weight is 390 g/mol. The monoisotopic (exact) mass is 389 g/mol. The van der Waals surface area contributed by atoms with E-state index in [1.54, 1.807) is 18.3 Å². The Labute approximate surface area is 164 Å². The number of hydrogen-bond donors (Lipinski definition) is 0. The molecule has 3 saturated heterocycles. The van der Waals surface area contributed by atoms with Crippen molar-refractivity contribution >= 4 is 23.6 Å². The number of methoxy groups -OCH3 is 1. The molecular formula is C20H27N3O3S. The highest BCUT2D eigenvalue weighted by molar-refractivity contribution is 7.99. The van der Waals surface area contributed by atoms with Gasteiger partial charge in [-0.25, -0.2) is 4.98 Å². The van der Waals surface area contributed by atoms with Crippen LogP contribution in [-0.2, 0) is 4.79 Å². The summed E-state index contributed by atoms with van der Waals surface area (Å²) in [6.07, 6.45) is 5.07. The second-order valence-corrected chi connectivity index (χ2v) is 8.86. The molecule has 2 bridgehead atoms. The van der Waals surface area contributed by atoms with Gasteiger partial charge >= 0.3 is 0 Å². The summed E-state index contributed by atoms with van der Waals surface area (Å²) < 4.78 is 5.30. The normalized spacial score (nSPS) is 29.9. The van der Waals surface area contributed by atoms with Crippen LogP contribution in [0.5, 0.6) is 5.88 Å². The van der Waals surface area contributed by atoms with Crippen molar-refractivity contribution in [2.24, 2.45) is 5.41 Å². The van der Waals surface area contributed by atoms with E-state index in [0.29, 0.717) is 11.4 Å². The summed E-state index contributed by atoms with van der Waals surface area (Å²) in [5, 5.41) is 0. The summed E-state index contributed by atoms with van der Waals surface area (Å²) in [5.41, 5.74) is 0.0568. The van der Waals surface area contributed by atoms with Crippen molar-refractivity contribution in [3.63, 3.8) is 0 Å². The van der Waals surface area contributed by atoms with E-state index in [4.69, 9.17) is 4.74 Å². The van der Waals surface area contributed by atoms with Crippen molar-refractivity contribution in [2.75, 3.05) is 31.7 Å². The van der Waals surface area contributed by atoms with E-state index in [9.17, 15) is 9.59 Å². The summed E-state index contributed by atoms with van der Waals surface area (Å²) in [7, 11) is 1.53. The van der Waals surface area contributed by atoms with Gasteiger partial charge in [0.05, 0.1) is 12.5 Å². The number of aromatic nitrogens is 1. The highest BCUT2D eigenvalue weighted by Crippen LogP contribution is 2.53. The van der Waals surface area contributed by atoms with Crippen LogP contribution < -0.4 is 4.74 Å². The van der Waals surface area contributed by atoms with Gasteiger partial charge in [0.1, 0.15) is 5.56 Å². The molecule has 3 aliphatic rings. The van der Waals surface area contributed by atoms with Crippen molar-refractivity contribution in [2.45, 2.75) is 44.7 Å². The van der Waals surface area contributed by atoms with E-state index in [2.05, 4.69) is 11.9 Å². The summed E-state index contributed by atoms with van der Waals surface area (Å²) in [4.78, 5) is 35.1. The quantitative estimate of drug-likeness (QED) is 0.791. The van der Waals surface area contributed by atoms with Crippen LogP contribution in [-0.4, -0.2) is 70.4 Å². The lowest BCUT2D eigenvalue weighted by Gasteiger charge is -2.40. The Morgan fingerprint density at radius 1 is 1.33 bits per heavy atom. The number of nitrogens with zero attached hydrogens (tertiary/aromatic N) is 3. The first-order chi connectivity index (χ1) is 13.1. The van der Waals surface area contributed by atoms with Crippen LogP contribution in [0.25, 0.3) is 0 Å². The summed E-state index contributed by atoms with van der Waals surface area (Å²) >= 11 is 1.91. The van der Waals surface area contributed by atoms with Crippen molar-refractivity contribution in [3.8, 4) is 5.88 Å². The van der Waals surface area contributed by atoms with Crippen molar-refractivity contribution in [1.82, 2.24) is 14.8 Å². The molecule has 0 N–H and O–H groups in total. The second-order valence-electron chi connectivity index (χ2n) is 7.64. The number of ether oxygens (including phenoxy) is 1. The molecule has 7 heteroatoms. The topological polar surface area (TPSA) is 62.7 Å². The Balaban J connectivity index is 1.63. The number of carbonyl (C=O) groups excluding carboxylic acids is 2. The van der Waals surface area contributed by atoms with Crippen LogP contribution in [0.4, 0.5) is 0 Å². The number of amides is 2. The van der Waals surface area contributed by atoms with Crippen molar-refractivity contribution < 1.29 is 14.3 Å². The lowest BCUT2D eigenvalue weighted by molar-refractivity contribution is -0.143. The standard InChI is InChI=1S/C20H27N3O3S/c1-3-20(19(25)22-9-11-27-12-10-22)13-14-6-7-16(20)23(14)18(24)15-5-4-8-21-17(15)26-2/h4-5,8,14,16H,3,6-7,9-13H2,1-2H3/t14-,16+,20+/m0/s1. The van der Waals surface area contributed by atoms with Gasteiger partial charge in [0, 0.05) is 42.9 Å². The third-order valence-corrected chi connectivity index (χ3v) is 7.47. The van der Waals surface area contributed by atoms with Crippen molar-refractivity contribution in [3.05, 3.63) is 23.9 Å². The van der Waals surface area contributed by atoms with Crippen LogP contribution in [0.15, 0.2) is 18.3 Å². The van der Waals surface area contributed by atoms with E-state index < -0.39 is 5.41 Å². The van der Waals surface area contributed by atoms with Gasteiger partial charge in [-0.05, 0) is 37.8 Å². The number of fused-ring (bicyclic) bond motifs is 2. The molecule has 3 aliphatic heterocycles. The number of pyridine rings is 1. The van der Waals surface area contributed by atoms with E-state index in [1.165, 1.54) is 7.11 Å². The van der Waals surface area contributed by atoms with Gasteiger partial charge in [-0.2, -0.15) is 11.8 Å². The maximum absolute atomic E-state index is 13.5. The number of hydrogen-bond acceptors (Lipinski definition) is 5. The summed E-state index contributed by atoms with van der Waals surface area (Å²) in [6.45, 7) is 3.75. The van der Waals surface area contributed by atoms with Crippen LogP contribution in [0.2, 0.25) is 0 Å². The van der Waals surface area contributed by atoms with Gasteiger partial charge in [0.2, 0.25) is 11.8 Å². The van der Waals surface area contributed by atoms with E-state index in [1.807, 2.05) is 21.6 Å². The molecular weight excluding hydrogens is 362 g/mol. The summed E-state index contributed by atoms with van der Waals surface area (Å²) in [5.74, 6) is 2.58. The Hall–Kier alpha value is -1.76. The van der Waals surface area contributed by atoms with Crippen LogP contribution in [0.1, 0.15) is 43.0 Å². The fraction of sp³-hybridized carbons (Fsp3) is 0.650. The predicted octanol–water partition coefficient (Wildman–Crippen LogP) is 2.44. The molecule has 0 radical (unpaired) electrons. The number of thioether (sulfide) groups is 1. The minimum Gasteiger partial charge on any atom is -0.480 e. The van der Waals surface area contributed by atoms with E-state index in [0.717, 1.165) is 50.3 Å². The first-order valence-electron chi connectivity index (χ1n) is 9.81. The highest BCUT2D eigenvalue weighted by atomic mass is 32.2. The maximum atomic E-state index is 13.5. The number of carbonyl (C=O) groups is 2. The molecule has 4 heterocycles. The molecule has 4 rings (SSSR count). The zero-order valence-corrected chi connectivity index (χ0v) is 16.8. The Morgan fingerprint density at radius 3 is 2.81 bits per heavy atom. The molecule has 1 aromatic rings. The SMILES string of the molecule is CC[C@@]1(C(=O)N2CCSCC2)C[C@@H]2CC[C@H]1N2C(=O)c1cccnc1OC. The second kappa shape index (κ2) is 7.34. The van der Waals surface area contributed by atoms with Crippen LogP contribution >= 0.6 is 11.8 Å². The van der Waals surface area contributed by atoms with Crippen molar-refractivity contribution in [1.29, 1.82) is 0 Å². The molecule has 6 nitrogen and oxygen atoms in total. The molecule has 3 fully saturated rings. The first kappa shape index (κ1) is 18.6. The third kappa shape index (κ3) is 2.91. The Bertz CT molecular complexity index is 737. The average Bonchev–Trinajstić information content (AvgIpc) is 3.29. The lowest BCUT2D eigenvalue weighted by atomic mass is 9.70. The van der Waals surface area contributed by atoms with Gasteiger partial charge in [-0.3, -0.25) is 9.59 Å². The molecule has 0 unspecified atom stereocenters. The van der Waals surface area contributed by atoms with E-state index in [-0.39, 0.29) is 23.9 Å². The van der Waals surface area contributed by atoms with Gasteiger partial charge < -0.3 is 14.5 Å². The molecule has 0 saturated carbocycles. The van der Waals surface area contributed by atoms with Crippen LogP contribution in [0, 0.1) is 5.41 Å². The Morgan fingerprint density at radius 2 is 2.11 bits per heavy atom. The number of rotatable bonds is 4. The molecule has 1 aromatic heterocycles. The zero-order valence-electron chi connectivity index (χ0n) is 16.0. The van der Waals surface area contributed by atoms with E-state index >= 15 is 0 Å².